The highest BCUT2D eigenvalue weighted by molar-refractivity contribution is 5.50. The summed E-state index contributed by atoms with van der Waals surface area (Å²) in [5.41, 5.74) is 1.15. The first-order valence-electron chi connectivity index (χ1n) is 4.10. The third kappa shape index (κ3) is 3.97. The van der Waals surface area contributed by atoms with Crippen molar-refractivity contribution in [2.24, 2.45) is 0 Å². The van der Waals surface area contributed by atoms with Crippen LogP contribution in [0.3, 0.4) is 0 Å². The maximum Gasteiger partial charge on any atom is 0.142 e. The Balaban J connectivity index is 2.50. The van der Waals surface area contributed by atoms with E-state index in [0.717, 1.165) is 11.8 Å². The van der Waals surface area contributed by atoms with Crippen LogP contribution in [0.4, 0.5) is 0 Å². The second-order valence-corrected chi connectivity index (χ2v) is 2.48. The molecule has 0 spiro atoms. The van der Waals surface area contributed by atoms with Crippen molar-refractivity contribution in [3.05, 3.63) is 66.5 Å². The maximum absolute atomic E-state index is 9.91. The topological polar surface area (TPSA) is 19.9 Å². The highest BCUT2D eigenvalue weighted by Crippen LogP contribution is 2.00. The van der Waals surface area contributed by atoms with Gasteiger partial charge in [0.05, 0.1) is 0 Å². The molecule has 0 aliphatic heterocycles. The van der Waals surface area contributed by atoms with Crippen molar-refractivity contribution in [1.29, 1.82) is 0 Å². The van der Waals surface area contributed by atoms with Crippen LogP contribution >= 0.6 is 0 Å². The summed E-state index contributed by atoms with van der Waals surface area (Å²) >= 11 is 0. The summed E-state index contributed by atoms with van der Waals surface area (Å²) in [5.74, 6) is 0. The van der Waals surface area contributed by atoms with Gasteiger partial charge in [0.15, 0.2) is 0 Å². The van der Waals surface area contributed by atoms with E-state index >= 15 is 0 Å². The molecule has 1 aromatic carbocycles. The van der Waals surface area contributed by atoms with Gasteiger partial charge >= 0.3 is 0 Å². The fraction of sp³-hybridized carbons (Fsp3) is 0. The molecule has 1 aromatic rings. The van der Waals surface area contributed by atoms with E-state index in [0.29, 0.717) is 0 Å². The molecule has 65 valence electrons. The van der Waals surface area contributed by atoms with Crippen LogP contribution in [0, 0.1) is 0 Å². The molecular formula is C12H11O. The Bertz CT molecular complexity index is 307. The first kappa shape index (κ1) is 9.33. The van der Waals surface area contributed by atoms with E-state index in [1.165, 1.54) is 6.08 Å². The molecule has 0 saturated carbocycles. The van der Waals surface area contributed by atoms with Crippen LogP contribution in [0.2, 0.25) is 0 Å². The van der Waals surface area contributed by atoms with Gasteiger partial charge in [0.25, 0.3) is 0 Å². The lowest BCUT2D eigenvalue weighted by Gasteiger charge is -1.87. The first-order valence-corrected chi connectivity index (χ1v) is 4.10. The number of hydrogen-bond acceptors (Lipinski definition) is 0. The minimum atomic E-state index is 0.757. The fourth-order valence-electron chi connectivity index (χ4n) is 0.904. The Kier molecular flexibility index (Phi) is 4.19. The highest BCUT2D eigenvalue weighted by atomic mass is 16.2. The monoisotopic (exact) mass is 171 g/mol. The normalized spacial score (nSPS) is 12.0. The molecule has 0 atom stereocenters. The quantitative estimate of drug-likeness (QED) is 0.491. The summed E-state index contributed by atoms with van der Waals surface area (Å²) in [6, 6.07) is 10.00. The number of hydrogen-bond donors (Lipinski definition) is 0. The zero-order chi connectivity index (χ0) is 9.36. The van der Waals surface area contributed by atoms with Crippen LogP contribution in [-0.4, -0.2) is 0 Å². The van der Waals surface area contributed by atoms with Crippen molar-refractivity contribution >= 4 is 6.08 Å². The molecule has 13 heavy (non-hydrogen) atoms. The standard InChI is InChI=1S/C12H11O/c13-11-7-2-1-4-8-12-9-5-3-6-10-12/h1-11H/b2-1+,8-4+,11-7+. The molecule has 0 saturated heterocycles. The van der Waals surface area contributed by atoms with E-state index in [9.17, 15) is 5.11 Å². The van der Waals surface area contributed by atoms with Crippen molar-refractivity contribution in [1.82, 2.24) is 0 Å². The smallest absolute Gasteiger partial charge is 0.142 e. The van der Waals surface area contributed by atoms with Crippen molar-refractivity contribution in [3.8, 4) is 0 Å². The van der Waals surface area contributed by atoms with Gasteiger partial charge in [-0.25, -0.2) is 0 Å². The lowest BCUT2D eigenvalue weighted by molar-refractivity contribution is 0.352. The molecule has 1 rings (SSSR count). The van der Waals surface area contributed by atoms with E-state index in [-0.39, 0.29) is 0 Å². The molecule has 0 aliphatic rings. The lowest BCUT2D eigenvalue weighted by atomic mass is 10.2. The number of allylic oxidation sites excluding steroid dienone is 4. The SMILES string of the molecule is [O]/C=C/C=C/C=C/c1ccccc1. The predicted octanol–water partition coefficient (Wildman–Crippen LogP) is 3.20. The largest absolute Gasteiger partial charge is 0.299 e. The Labute approximate surface area is 78.3 Å². The van der Waals surface area contributed by atoms with Gasteiger partial charge in [0.1, 0.15) is 6.26 Å². The summed E-state index contributed by atoms with van der Waals surface area (Å²) < 4.78 is 0. The van der Waals surface area contributed by atoms with Crippen LogP contribution in [0.5, 0.6) is 0 Å². The van der Waals surface area contributed by atoms with Crippen LogP contribution < -0.4 is 0 Å². The molecule has 0 aliphatic carbocycles. The molecule has 1 radical (unpaired) electrons. The van der Waals surface area contributed by atoms with Crippen molar-refractivity contribution in [2.45, 2.75) is 0 Å². The van der Waals surface area contributed by atoms with Gasteiger partial charge in [-0.1, -0.05) is 54.6 Å². The van der Waals surface area contributed by atoms with Crippen LogP contribution in [0.25, 0.3) is 6.08 Å². The molecule has 0 heterocycles. The fourth-order valence-corrected chi connectivity index (χ4v) is 0.904. The molecule has 0 aromatic heterocycles. The van der Waals surface area contributed by atoms with Crippen molar-refractivity contribution in [3.63, 3.8) is 0 Å². The summed E-state index contributed by atoms with van der Waals surface area (Å²) in [4.78, 5) is 0. The third-order valence-corrected chi connectivity index (χ3v) is 1.50. The summed E-state index contributed by atoms with van der Waals surface area (Å²) in [5, 5.41) is 9.91. The molecule has 1 heteroatoms. The Morgan fingerprint density at radius 1 is 0.846 bits per heavy atom. The van der Waals surface area contributed by atoms with Crippen LogP contribution in [0.1, 0.15) is 5.56 Å². The number of benzene rings is 1. The van der Waals surface area contributed by atoms with E-state index in [1.807, 2.05) is 48.6 Å². The minimum Gasteiger partial charge on any atom is -0.299 e. The van der Waals surface area contributed by atoms with Gasteiger partial charge in [-0.3, -0.25) is 5.11 Å². The van der Waals surface area contributed by atoms with E-state index < -0.39 is 0 Å². The Hall–Kier alpha value is -1.76. The second kappa shape index (κ2) is 5.84. The molecule has 0 bridgehead atoms. The van der Waals surface area contributed by atoms with E-state index in [2.05, 4.69) is 0 Å². The van der Waals surface area contributed by atoms with E-state index in [4.69, 9.17) is 0 Å². The van der Waals surface area contributed by atoms with Crippen molar-refractivity contribution < 1.29 is 5.11 Å². The maximum atomic E-state index is 9.91. The van der Waals surface area contributed by atoms with Gasteiger partial charge in [0.2, 0.25) is 0 Å². The Morgan fingerprint density at radius 3 is 2.23 bits per heavy atom. The molecule has 0 fully saturated rings. The second-order valence-electron chi connectivity index (χ2n) is 2.48. The highest BCUT2D eigenvalue weighted by Gasteiger charge is 1.78. The summed E-state index contributed by atoms with van der Waals surface area (Å²) in [6.45, 7) is 0. The number of rotatable bonds is 3. The molecule has 1 nitrogen and oxygen atoms in total. The minimum absolute atomic E-state index is 0.757. The molecule has 0 amide bonds. The zero-order valence-corrected chi connectivity index (χ0v) is 7.26. The van der Waals surface area contributed by atoms with Gasteiger partial charge in [-0.05, 0) is 11.6 Å². The molecular weight excluding hydrogens is 160 g/mol. The van der Waals surface area contributed by atoms with Crippen LogP contribution in [-0.2, 0) is 5.11 Å². The van der Waals surface area contributed by atoms with Gasteiger partial charge in [-0.2, -0.15) is 0 Å². The zero-order valence-electron chi connectivity index (χ0n) is 7.26. The summed E-state index contributed by atoms with van der Waals surface area (Å²) in [6.07, 6.45) is 9.61. The summed E-state index contributed by atoms with van der Waals surface area (Å²) in [7, 11) is 0. The van der Waals surface area contributed by atoms with Crippen LogP contribution in [0.15, 0.2) is 60.9 Å². The van der Waals surface area contributed by atoms with Gasteiger partial charge < -0.3 is 0 Å². The molecule has 0 N–H and O–H groups in total. The lowest BCUT2D eigenvalue weighted by Crippen LogP contribution is -1.66. The predicted molar refractivity (Wildman–Crippen MR) is 54.4 cm³/mol. The van der Waals surface area contributed by atoms with E-state index in [1.54, 1.807) is 6.08 Å². The molecule has 0 unspecified atom stereocenters. The average Bonchev–Trinajstić information content (AvgIpc) is 2.19. The Morgan fingerprint density at radius 2 is 1.54 bits per heavy atom. The van der Waals surface area contributed by atoms with Gasteiger partial charge in [0, 0.05) is 0 Å². The third-order valence-electron chi connectivity index (χ3n) is 1.50. The van der Waals surface area contributed by atoms with Gasteiger partial charge in [-0.15, -0.1) is 0 Å². The van der Waals surface area contributed by atoms with Crippen molar-refractivity contribution in [2.75, 3.05) is 0 Å². The average molecular weight is 171 g/mol. The first-order chi connectivity index (χ1) is 6.43.